The molecular weight excluding hydrogens is 312 g/mol. The highest BCUT2D eigenvalue weighted by atomic mass is 16.5. The molecule has 1 amide bonds. The fourth-order valence-electron chi connectivity index (χ4n) is 3.83. The van der Waals surface area contributed by atoms with Crippen molar-refractivity contribution in [3.63, 3.8) is 0 Å². The van der Waals surface area contributed by atoms with Gasteiger partial charge in [0.1, 0.15) is 5.75 Å². The summed E-state index contributed by atoms with van der Waals surface area (Å²) >= 11 is 0. The minimum Gasteiger partial charge on any atom is -0.484 e. The van der Waals surface area contributed by atoms with Crippen molar-refractivity contribution in [3.05, 3.63) is 65.2 Å². The summed E-state index contributed by atoms with van der Waals surface area (Å²) in [6, 6.07) is 16.8. The lowest BCUT2D eigenvalue weighted by Gasteiger charge is -2.44. The number of aryl methyl sites for hydroxylation is 1. The van der Waals surface area contributed by atoms with Gasteiger partial charge in [-0.15, -0.1) is 0 Å². The fraction of sp³-hybridized carbons (Fsp3) is 0.381. The molecular formula is C21H24N2O2. The van der Waals surface area contributed by atoms with Crippen molar-refractivity contribution in [2.24, 2.45) is 0 Å². The summed E-state index contributed by atoms with van der Waals surface area (Å²) in [6.07, 6.45) is 1.11. The number of ether oxygens (including phenoxy) is 1. The molecule has 130 valence electrons. The lowest BCUT2D eigenvalue weighted by Crippen LogP contribution is -2.53. The second-order valence-electron chi connectivity index (χ2n) is 6.94. The van der Waals surface area contributed by atoms with Gasteiger partial charge in [-0.3, -0.25) is 9.69 Å². The van der Waals surface area contributed by atoms with Crippen molar-refractivity contribution in [2.45, 2.75) is 19.4 Å². The molecule has 0 aliphatic carbocycles. The lowest BCUT2D eigenvalue weighted by atomic mass is 9.91. The quantitative estimate of drug-likeness (QED) is 0.864. The summed E-state index contributed by atoms with van der Waals surface area (Å²) < 4.78 is 5.68. The number of carbonyl (C=O) groups excluding carboxylic acids is 1. The molecule has 0 radical (unpaired) electrons. The van der Waals surface area contributed by atoms with Crippen molar-refractivity contribution in [1.82, 2.24) is 9.80 Å². The van der Waals surface area contributed by atoms with Crippen LogP contribution in [-0.2, 0) is 11.2 Å². The molecule has 4 heteroatoms. The summed E-state index contributed by atoms with van der Waals surface area (Å²) in [5.41, 5.74) is 3.99. The Hall–Kier alpha value is -2.33. The van der Waals surface area contributed by atoms with E-state index in [9.17, 15) is 4.79 Å². The van der Waals surface area contributed by atoms with Crippen LogP contribution < -0.4 is 4.74 Å². The first-order valence-corrected chi connectivity index (χ1v) is 9.00. The molecule has 0 spiro atoms. The van der Waals surface area contributed by atoms with Gasteiger partial charge < -0.3 is 9.64 Å². The van der Waals surface area contributed by atoms with Crippen LogP contribution in [0.2, 0.25) is 0 Å². The van der Waals surface area contributed by atoms with E-state index in [1.165, 1.54) is 16.7 Å². The predicted molar refractivity (Wildman–Crippen MR) is 97.7 cm³/mol. The number of rotatable bonds is 3. The molecule has 25 heavy (non-hydrogen) atoms. The van der Waals surface area contributed by atoms with Gasteiger partial charge >= 0.3 is 0 Å². The molecule has 1 unspecified atom stereocenters. The van der Waals surface area contributed by atoms with Crippen LogP contribution in [0.4, 0.5) is 0 Å². The van der Waals surface area contributed by atoms with Crippen LogP contribution in [0.25, 0.3) is 0 Å². The molecule has 1 atom stereocenters. The molecule has 1 fully saturated rings. The third-order valence-electron chi connectivity index (χ3n) is 5.31. The molecule has 0 saturated carbocycles. The molecule has 2 aliphatic heterocycles. The molecule has 1 saturated heterocycles. The van der Waals surface area contributed by atoms with Gasteiger partial charge in [-0.2, -0.15) is 0 Å². The topological polar surface area (TPSA) is 32.8 Å². The van der Waals surface area contributed by atoms with E-state index >= 15 is 0 Å². The summed E-state index contributed by atoms with van der Waals surface area (Å²) in [5.74, 6) is 0.823. The number of nitrogens with zero attached hydrogens (tertiary/aromatic N) is 2. The zero-order valence-electron chi connectivity index (χ0n) is 14.6. The highest BCUT2D eigenvalue weighted by molar-refractivity contribution is 5.78. The monoisotopic (exact) mass is 336 g/mol. The molecule has 2 heterocycles. The number of carbonyl (C=O) groups is 1. The number of amides is 1. The van der Waals surface area contributed by atoms with Gasteiger partial charge in [-0.1, -0.05) is 42.0 Å². The smallest absolute Gasteiger partial charge is 0.260 e. The zero-order chi connectivity index (χ0) is 17.2. The third kappa shape index (κ3) is 3.40. The van der Waals surface area contributed by atoms with Gasteiger partial charge in [0, 0.05) is 26.2 Å². The van der Waals surface area contributed by atoms with E-state index in [4.69, 9.17) is 4.74 Å². The standard InChI is InChI=1S/C21H24N2O2/c1-16-6-8-18(9-7-16)25-15-21(24)23-13-12-22-11-10-17-4-2-3-5-19(17)20(22)14-23/h2-9,20H,10-15H2,1H3. The van der Waals surface area contributed by atoms with Crippen molar-refractivity contribution in [2.75, 3.05) is 32.8 Å². The van der Waals surface area contributed by atoms with E-state index in [-0.39, 0.29) is 12.5 Å². The molecule has 4 rings (SSSR count). The average Bonchev–Trinajstić information content (AvgIpc) is 2.67. The number of hydrogen-bond donors (Lipinski definition) is 0. The Kier molecular flexibility index (Phi) is 4.45. The molecule has 0 bridgehead atoms. The summed E-state index contributed by atoms with van der Waals surface area (Å²) in [7, 11) is 0. The maximum Gasteiger partial charge on any atom is 0.260 e. The highest BCUT2D eigenvalue weighted by Gasteiger charge is 2.33. The highest BCUT2D eigenvalue weighted by Crippen LogP contribution is 2.32. The zero-order valence-corrected chi connectivity index (χ0v) is 14.6. The Balaban J connectivity index is 1.41. The number of hydrogen-bond acceptors (Lipinski definition) is 3. The van der Waals surface area contributed by atoms with Gasteiger partial charge in [0.2, 0.25) is 0 Å². The number of fused-ring (bicyclic) bond motifs is 3. The van der Waals surface area contributed by atoms with Gasteiger partial charge in [0.25, 0.3) is 5.91 Å². The van der Waals surface area contributed by atoms with Crippen LogP contribution in [0, 0.1) is 6.92 Å². The van der Waals surface area contributed by atoms with Gasteiger partial charge in [-0.25, -0.2) is 0 Å². The average molecular weight is 336 g/mol. The lowest BCUT2D eigenvalue weighted by molar-refractivity contribution is -0.136. The van der Waals surface area contributed by atoms with Crippen molar-refractivity contribution >= 4 is 5.91 Å². The number of benzene rings is 2. The van der Waals surface area contributed by atoms with Crippen molar-refractivity contribution in [1.29, 1.82) is 0 Å². The van der Waals surface area contributed by atoms with Gasteiger partial charge in [0.15, 0.2) is 6.61 Å². The summed E-state index contributed by atoms with van der Waals surface area (Å²) in [6.45, 7) is 5.72. The SMILES string of the molecule is Cc1ccc(OCC(=O)N2CCN3CCc4ccccc4C3C2)cc1. The van der Waals surface area contributed by atoms with Crippen LogP contribution in [-0.4, -0.2) is 48.5 Å². The molecule has 0 aromatic heterocycles. The van der Waals surface area contributed by atoms with E-state index in [0.717, 1.165) is 38.3 Å². The minimum absolute atomic E-state index is 0.0725. The largest absolute Gasteiger partial charge is 0.484 e. The Bertz CT molecular complexity index is 757. The predicted octanol–water partition coefficient (Wildman–Crippen LogP) is 2.82. The molecule has 2 aliphatic rings. The minimum atomic E-state index is 0.0725. The normalized spacial score (nSPS) is 19.9. The van der Waals surface area contributed by atoms with E-state index in [1.54, 1.807) is 0 Å². The van der Waals surface area contributed by atoms with E-state index < -0.39 is 0 Å². The maximum absolute atomic E-state index is 12.6. The Morgan fingerprint density at radius 2 is 1.88 bits per heavy atom. The second kappa shape index (κ2) is 6.89. The second-order valence-corrected chi connectivity index (χ2v) is 6.94. The van der Waals surface area contributed by atoms with Crippen molar-refractivity contribution in [3.8, 4) is 5.75 Å². The van der Waals surface area contributed by atoms with Crippen LogP contribution in [0.1, 0.15) is 22.7 Å². The molecule has 2 aromatic carbocycles. The Morgan fingerprint density at radius 1 is 1.08 bits per heavy atom. The van der Waals surface area contributed by atoms with Gasteiger partial charge in [0.05, 0.1) is 6.04 Å². The molecule has 0 N–H and O–H groups in total. The fourth-order valence-corrected chi connectivity index (χ4v) is 3.83. The maximum atomic E-state index is 12.6. The molecule has 4 nitrogen and oxygen atoms in total. The van der Waals surface area contributed by atoms with E-state index in [1.807, 2.05) is 36.1 Å². The van der Waals surface area contributed by atoms with Crippen LogP contribution in [0.5, 0.6) is 5.75 Å². The number of piperazine rings is 1. The van der Waals surface area contributed by atoms with Crippen LogP contribution in [0.3, 0.4) is 0 Å². The first-order valence-electron chi connectivity index (χ1n) is 9.00. The van der Waals surface area contributed by atoms with E-state index in [2.05, 4.69) is 29.2 Å². The van der Waals surface area contributed by atoms with Crippen LogP contribution in [0.15, 0.2) is 48.5 Å². The summed E-state index contributed by atoms with van der Waals surface area (Å²) in [4.78, 5) is 17.1. The summed E-state index contributed by atoms with van der Waals surface area (Å²) in [5, 5.41) is 0. The Labute approximate surface area is 149 Å². The first kappa shape index (κ1) is 16.2. The van der Waals surface area contributed by atoms with Gasteiger partial charge in [-0.05, 0) is 36.6 Å². The van der Waals surface area contributed by atoms with Crippen molar-refractivity contribution < 1.29 is 9.53 Å². The first-order chi connectivity index (χ1) is 12.2. The third-order valence-corrected chi connectivity index (χ3v) is 5.31. The molecule has 2 aromatic rings. The van der Waals surface area contributed by atoms with Crippen LogP contribution >= 0.6 is 0 Å². The Morgan fingerprint density at radius 3 is 2.72 bits per heavy atom. The van der Waals surface area contributed by atoms with E-state index in [0.29, 0.717) is 6.04 Å².